The van der Waals surface area contributed by atoms with Gasteiger partial charge in [0.15, 0.2) is 0 Å². The molecule has 0 aromatic heterocycles. The number of methoxy groups -OCH3 is 2. The fraction of sp³-hybridized carbons (Fsp3) is 0.182. The van der Waals surface area contributed by atoms with Crippen LogP contribution in [0.5, 0.6) is 0 Å². The van der Waals surface area contributed by atoms with Crippen LogP contribution in [0.3, 0.4) is 0 Å². The second kappa shape index (κ2) is 14.2. The first kappa shape index (κ1) is 21.6. The summed E-state index contributed by atoms with van der Waals surface area (Å²) in [6.45, 7) is 14.7. The van der Waals surface area contributed by atoms with Gasteiger partial charge in [-0.2, -0.15) is 0 Å². The van der Waals surface area contributed by atoms with Gasteiger partial charge in [-0.15, -0.1) is 13.2 Å². The van der Waals surface area contributed by atoms with Crippen LogP contribution in [0.15, 0.2) is 74.8 Å². The monoisotopic (exact) mass is 324 g/mol. The summed E-state index contributed by atoms with van der Waals surface area (Å²) in [4.78, 5) is 0. The lowest BCUT2D eigenvalue weighted by Crippen LogP contribution is -1.89. The molecule has 0 bridgehead atoms. The SMILES string of the molecule is C=C.C=Cc1ccc(COC)cc1.C=Cc1ccccc1COC. The van der Waals surface area contributed by atoms with Crippen molar-refractivity contribution >= 4 is 12.2 Å². The molecule has 24 heavy (non-hydrogen) atoms. The van der Waals surface area contributed by atoms with E-state index in [1.165, 1.54) is 11.1 Å². The van der Waals surface area contributed by atoms with Crippen LogP contribution in [-0.4, -0.2) is 14.2 Å². The van der Waals surface area contributed by atoms with E-state index in [2.05, 4.69) is 26.3 Å². The summed E-state index contributed by atoms with van der Waals surface area (Å²) < 4.78 is 10.00. The molecule has 2 aromatic rings. The number of hydrogen-bond acceptors (Lipinski definition) is 2. The van der Waals surface area contributed by atoms with E-state index in [0.717, 1.165) is 11.1 Å². The van der Waals surface area contributed by atoms with Crippen molar-refractivity contribution in [1.82, 2.24) is 0 Å². The molecule has 0 aliphatic heterocycles. The van der Waals surface area contributed by atoms with Gasteiger partial charge in [0, 0.05) is 14.2 Å². The van der Waals surface area contributed by atoms with E-state index in [4.69, 9.17) is 9.47 Å². The maximum atomic E-state index is 5.02. The molecular weight excluding hydrogens is 296 g/mol. The Kier molecular flexibility index (Phi) is 12.8. The van der Waals surface area contributed by atoms with Gasteiger partial charge in [-0.05, 0) is 22.3 Å². The van der Waals surface area contributed by atoms with Crippen LogP contribution in [0.25, 0.3) is 12.2 Å². The van der Waals surface area contributed by atoms with Crippen LogP contribution in [-0.2, 0) is 22.7 Å². The molecule has 2 aromatic carbocycles. The minimum absolute atomic E-state index is 0.655. The van der Waals surface area contributed by atoms with Gasteiger partial charge in [0.25, 0.3) is 0 Å². The summed E-state index contributed by atoms with van der Waals surface area (Å²) in [6, 6.07) is 16.2. The van der Waals surface area contributed by atoms with E-state index < -0.39 is 0 Å². The van der Waals surface area contributed by atoms with Crippen molar-refractivity contribution in [2.24, 2.45) is 0 Å². The van der Waals surface area contributed by atoms with Crippen LogP contribution in [0, 0.1) is 0 Å². The molecule has 2 heteroatoms. The molecule has 0 unspecified atom stereocenters. The molecule has 0 radical (unpaired) electrons. The molecule has 0 amide bonds. The highest BCUT2D eigenvalue weighted by Gasteiger charge is 1.95. The van der Waals surface area contributed by atoms with Gasteiger partial charge in [0.05, 0.1) is 13.2 Å². The Morgan fingerprint density at radius 3 is 1.88 bits per heavy atom. The Bertz CT molecular complexity index is 585. The molecule has 0 fully saturated rings. The average Bonchev–Trinajstić information content (AvgIpc) is 2.65. The molecule has 0 atom stereocenters. The lowest BCUT2D eigenvalue weighted by Gasteiger charge is -2.02. The van der Waals surface area contributed by atoms with E-state index in [-0.39, 0.29) is 0 Å². The Morgan fingerprint density at radius 2 is 1.38 bits per heavy atom. The zero-order valence-electron chi connectivity index (χ0n) is 14.8. The third kappa shape index (κ3) is 8.28. The van der Waals surface area contributed by atoms with Gasteiger partial charge in [-0.25, -0.2) is 0 Å². The molecule has 0 heterocycles. The molecule has 0 saturated heterocycles. The smallest absolute Gasteiger partial charge is 0.0718 e. The van der Waals surface area contributed by atoms with Crippen molar-refractivity contribution in [3.05, 3.63) is 97.1 Å². The highest BCUT2D eigenvalue weighted by atomic mass is 16.5. The van der Waals surface area contributed by atoms with Gasteiger partial charge in [-0.1, -0.05) is 73.8 Å². The molecule has 0 spiro atoms. The summed E-state index contributed by atoms with van der Waals surface area (Å²) >= 11 is 0. The minimum Gasteiger partial charge on any atom is -0.380 e. The van der Waals surface area contributed by atoms with Crippen molar-refractivity contribution < 1.29 is 9.47 Å². The van der Waals surface area contributed by atoms with Crippen molar-refractivity contribution in [3.63, 3.8) is 0 Å². The first-order valence-electron chi connectivity index (χ1n) is 7.64. The van der Waals surface area contributed by atoms with E-state index in [1.807, 2.05) is 60.7 Å². The number of hydrogen-bond donors (Lipinski definition) is 0. The molecule has 128 valence electrons. The van der Waals surface area contributed by atoms with Crippen LogP contribution in [0.1, 0.15) is 22.3 Å². The Labute approximate surface area is 146 Å². The predicted octanol–water partition coefficient (Wildman–Crippen LogP) is 5.75. The number of ether oxygens (including phenoxy) is 2. The summed E-state index contributed by atoms with van der Waals surface area (Å²) in [7, 11) is 3.39. The maximum Gasteiger partial charge on any atom is 0.0718 e. The van der Waals surface area contributed by atoms with Crippen molar-refractivity contribution in [1.29, 1.82) is 0 Å². The third-order valence-electron chi connectivity index (χ3n) is 3.10. The van der Waals surface area contributed by atoms with Gasteiger partial charge >= 0.3 is 0 Å². The van der Waals surface area contributed by atoms with Gasteiger partial charge in [0.2, 0.25) is 0 Å². The highest BCUT2D eigenvalue weighted by molar-refractivity contribution is 5.51. The zero-order chi connectivity index (χ0) is 18.2. The topological polar surface area (TPSA) is 18.5 Å². The van der Waals surface area contributed by atoms with Crippen molar-refractivity contribution in [3.8, 4) is 0 Å². The predicted molar refractivity (Wildman–Crippen MR) is 106 cm³/mol. The molecule has 0 saturated carbocycles. The molecule has 2 nitrogen and oxygen atoms in total. The molecule has 0 N–H and O–H groups in total. The van der Waals surface area contributed by atoms with E-state index in [0.29, 0.717) is 13.2 Å². The third-order valence-corrected chi connectivity index (χ3v) is 3.10. The van der Waals surface area contributed by atoms with Crippen molar-refractivity contribution in [2.75, 3.05) is 14.2 Å². The quantitative estimate of drug-likeness (QED) is 0.629. The largest absolute Gasteiger partial charge is 0.380 e. The van der Waals surface area contributed by atoms with E-state index in [9.17, 15) is 0 Å². The fourth-order valence-corrected chi connectivity index (χ4v) is 1.94. The molecular formula is C22H28O2. The summed E-state index contributed by atoms with van der Waals surface area (Å²) in [5, 5.41) is 0. The standard InChI is InChI=1S/2C10H12O.C2H4/c1-3-9-4-6-10(7-5-9)8-11-2;1-3-9-6-4-5-7-10(9)8-11-2;1-2/h2*3-7H,1,8H2,2H3;1-2H2. The minimum atomic E-state index is 0.655. The van der Waals surface area contributed by atoms with Gasteiger partial charge in [-0.3, -0.25) is 0 Å². The second-order valence-electron chi connectivity index (χ2n) is 4.71. The Balaban J connectivity index is 0.000000400. The first-order chi connectivity index (χ1) is 11.7. The summed E-state index contributed by atoms with van der Waals surface area (Å²) in [6.07, 6.45) is 3.67. The van der Waals surface area contributed by atoms with Gasteiger partial charge < -0.3 is 9.47 Å². The summed E-state index contributed by atoms with van der Waals surface area (Å²) in [5.74, 6) is 0. The van der Waals surface area contributed by atoms with Gasteiger partial charge in [0.1, 0.15) is 0 Å². The van der Waals surface area contributed by atoms with E-state index in [1.54, 1.807) is 14.2 Å². The average molecular weight is 324 g/mol. The van der Waals surface area contributed by atoms with E-state index >= 15 is 0 Å². The summed E-state index contributed by atoms with van der Waals surface area (Å²) in [5.41, 5.74) is 4.67. The Morgan fingerprint density at radius 1 is 0.792 bits per heavy atom. The number of benzene rings is 2. The normalized spacial score (nSPS) is 8.92. The molecule has 2 rings (SSSR count). The number of rotatable bonds is 6. The lowest BCUT2D eigenvalue weighted by molar-refractivity contribution is 0.184. The van der Waals surface area contributed by atoms with Crippen LogP contribution in [0.4, 0.5) is 0 Å². The van der Waals surface area contributed by atoms with Crippen molar-refractivity contribution in [2.45, 2.75) is 13.2 Å². The second-order valence-corrected chi connectivity index (χ2v) is 4.71. The highest BCUT2D eigenvalue weighted by Crippen LogP contribution is 2.10. The Hall–Kier alpha value is -2.42. The lowest BCUT2D eigenvalue weighted by atomic mass is 10.1. The molecule has 0 aliphatic rings. The fourth-order valence-electron chi connectivity index (χ4n) is 1.94. The zero-order valence-corrected chi connectivity index (χ0v) is 14.8. The molecule has 0 aliphatic carbocycles. The van der Waals surface area contributed by atoms with Crippen LogP contribution < -0.4 is 0 Å². The maximum absolute atomic E-state index is 5.02. The van der Waals surface area contributed by atoms with Crippen LogP contribution in [0.2, 0.25) is 0 Å². The first-order valence-corrected chi connectivity index (χ1v) is 7.64. The van der Waals surface area contributed by atoms with Crippen LogP contribution >= 0.6 is 0 Å².